The van der Waals surface area contributed by atoms with E-state index in [1.807, 2.05) is 26.0 Å². The molecule has 0 aliphatic rings. The lowest BCUT2D eigenvalue weighted by Gasteiger charge is -2.08. The topological polar surface area (TPSA) is 94.1 Å². The summed E-state index contributed by atoms with van der Waals surface area (Å²) >= 11 is 0. The van der Waals surface area contributed by atoms with E-state index in [1.54, 1.807) is 6.07 Å². The number of aromatic nitrogens is 2. The molecule has 3 aromatic rings. The Kier molecular flexibility index (Phi) is 3.02. The first-order chi connectivity index (χ1) is 10.0. The van der Waals surface area contributed by atoms with E-state index >= 15 is 0 Å². The van der Waals surface area contributed by atoms with Crippen molar-refractivity contribution in [3.63, 3.8) is 0 Å². The van der Waals surface area contributed by atoms with Gasteiger partial charge in [-0.2, -0.15) is 0 Å². The number of nitrogens with one attached hydrogen (secondary N) is 1. The number of fused-ring (bicyclic) bond motifs is 1. The summed E-state index contributed by atoms with van der Waals surface area (Å²) < 4.78 is 4.64. The average molecular weight is 284 g/mol. The van der Waals surface area contributed by atoms with Crippen LogP contribution in [0, 0.1) is 24.0 Å². The highest BCUT2D eigenvalue weighted by Gasteiger charge is 2.19. The maximum absolute atomic E-state index is 10.9. The van der Waals surface area contributed by atoms with Gasteiger partial charge in [-0.15, -0.1) is 0 Å². The molecular formula is C14H12N4O3. The minimum atomic E-state index is -0.507. The van der Waals surface area contributed by atoms with Gasteiger partial charge in [-0.1, -0.05) is 6.07 Å². The Morgan fingerprint density at radius 1 is 1.10 bits per heavy atom. The molecule has 0 bridgehead atoms. The third kappa shape index (κ3) is 2.40. The van der Waals surface area contributed by atoms with E-state index in [-0.39, 0.29) is 11.2 Å². The molecule has 0 aliphatic carbocycles. The molecule has 1 heterocycles. The van der Waals surface area contributed by atoms with Crippen LogP contribution in [0.3, 0.4) is 0 Å². The summed E-state index contributed by atoms with van der Waals surface area (Å²) in [5, 5.41) is 21.5. The molecule has 0 spiro atoms. The van der Waals surface area contributed by atoms with Gasteiger partial charge in [-0.3, -0.25) is 10.1 Å². The van der Waals surface area contributed by atoms with E-state index in [0.29, 0.717) is 11.2 Å². The van der Waals surface area contributed by atoms with E-state index in [4.69, 9.17) is 0 Å². The maximum atomic E-state index is 10.9. The van der Waals surface area contributed by atoms with E-state index in [9.17, 15) is 10.1 Å². The number of hydrogen-bond donors (Lipinski definition) is 1. The summed E-state index contributed by atoms with van der Waals surface area (Å²) in [6, 6.07) is 9.01. The largest absolute Gasteiger partial charge is 0.354 e. The molecule has 2 aromatic carbocycles. The second kappa shape index (κ2) is 4.86. The van der Waals surface area contributed by atoms with Crippen molar-refractivity contribution in [2.45, 2.75) is 13.8 Å². The molecule has 1 aromatic heterocycles. The Hall–Kier alpha value is -2.96. The van der Waals surface area contributed by atoms with Crippen molar-refractivity contribution in [1.82, 2.24) is 10.3 Å². The molecule has 21 heavy (non-hydrogen) atoms. The molecule has 3 rings (SSSR count). The summed E-state index contributed by atoms with van der Waals surface area (Å²) in [6.07, 6.45) is 0. The molecule has 7 heteroatoms. The highest BCUT2D eigenvalue weighted by molar-refractivity contribution is 5.94. The molecule has 1 N–H and O–H groups in total. The van der Waals surface area contributed by atoms with E-state index in [0.717, 1.165) is 16.8 Å². The molecule has 0 amide bonds. The van der Waals surface area contributed by atoms with Crippen LogP contribution in [0.4, 0.5) is 17.1 Å². The SMILES string of the molecule is Cc1cc(C)cc(Nc2ccc([N+](=O)[O-])c3nonc23)c1. The molecule has 106 valence electrons. The molecule has 0 unspecified atom stereocenters. The number of benzene rings is 2. The Bertz CT molecular complexity index is 821. The number of nitro benzene ring substituents is 1. The lowest BCUT2D eigenvalue weighted by atomic mass is 10.1. The summed E-state index contributed by atoms with van der Waals surface area (Å²) in [6.45, 7) is 4.00. The van der Waals surface area contributed by atoms with Crippen molar-refractivity contribution in [2.24, 2.45) is 0 Å². The number of hydrogen-bond acceptors (Lipinski definition) is 6. The standard InChI is InChI=1S/C14H12N4O3/c1-8-5-9(2)7-10(6-8)15-11-3-4-12(18(19)20)14-13(11)16-21-17-14/h3-7,15H,1-2H3. The minimum absolute atomic E-state index is 0.128. The molecule has 0 atom stereocenters. The Labute approximate surface area is 119 Å². The highest BCUT2D eigenvalue weighted by atomic mass is 16.6. The van der Waals surface area contributed by atoms with Crippen LogP contribution in [0.2, 0.25) is 0 Å². The van der Waals surface area contributed by atoms with Crippen molar-refractivity contribution in [3.05, 3.63) is 51.6 Å². The van der Waals surface area contributed by atoms with Gasteiger partial charge in [0, 0.05) is 11.8 Å². The number of nitrogens with zero attached hydrogens (tertiary/aromatic N) is 3. The van der Waals surface area contributed by atoms with Gasteiger partial charge < -0.3 is 5.32 Å². The number of non-ortho nitro benzene ring substituents is 1. The van der Waals surface area contributed by atoms with Crippen LogP contribution in [0.1, 0.15) is 11.1 Å². The fraction of sp³-hybridized carbons (Fsp3) is 0.143. The lowest BCUT2D eigenvalue weighted by molar-refractivity contribution is -0.383. The molecule has 0 fully saturated rings. The van der Waals surface area contributed by atoms with Crippen LogP contribution < -0.4 is 5.32 Å². The van der Waals surface area contributed by atoms with E-state index in [2.05, 4.69) is 26.3 Å². The summed E-state index contributed by atoms with van der Waals surface area (Å²) in [5.74, 6) is 0. The summed E-state index contributed by atoms with van der Waals surface area (Å²) in [7, 11) is 0. The van der Waals surface area contributed by atoms with Gasteiger partial charge >= 0.3 is 5.69 Å². The third-order valence-electron chi connectivity index (χ3n) is 3.09. The van der Waals surface area contributed by atoms with Gasteiger partial charge in [0.15, 0.2) is 5.52 Å². The summed E-state index contributed by atoms with van der Waals surface area (Å²) in [5.41, 5.74) is 4.07. The predicted octanol–water partition coefficient (Wildman–Crippen LogP) is 3.49. The maximum Gasteiger partial charge on any atom is 0.300 e. The fourth-order valence-corrected chi connectivity index (χ4v) is 2.30. The minimum Gasteiger partial charge on any atom is -0.354 e. The molecule has 0 radical (unpaired) electrons. The zero-order valence-electron chi connectivity index (χ0n) is 11.5. The van der Waals surface area contributed by atoms with Gasteiger partial charge in [0.05, 0.1) is 10.6 Å². The van der Waals surface area contributed by atoms with Crippen LogP contribution in [0.5, 0.6) is 0 Å². The van der Waals surface area contributed by atoms with Crippen LogP contribution in [0.25, 0.3) is 11.0 Å². The first-order valence-corrected chi connectivity index (χ1v) is 6.29. The zero-order valence-corrected chi connectivity index (χ0v) is 11.5. The highest BCUT2D eigenvalue weighted by Crippen LogP contribution is 2.31. The second-order valence-corrected chi connectivity index (χ2v) is 4.85. The van der Waals surface area contributed by atoms with Crippen molar-refractivity contribution < 1.29 is 9.55 Å². The zero-order chi connectivity index (χ0) is 15.0. The van der Waals surface area contributed by atoms with Gasteiger partial charge in [0.25, 0.3) is 0 Å². The first kappa shape index (κ1) is 13.0. The van der Waals surface area contributed by atoms with E-state index in [1.165, 1.54) is 6.07 Å². The molecular weight excluding hydrogens is 272 g/mol. The van der Waals surface area contributed by atoms with Gasteiger partial charge in [0.2, 0.25) is 5.52 Å². The number of aryl methyl sites for hydroxylation is 2. The molecule has 0 aliphatic heterocycles. The Balaban J connectivity index is 2.07. The lowest BCUT2D eigenvalue weighted by Crippen LogP contribution is -1.95. The first-order valence-electron chi connectivity index (χ1n) is 6.29. The van der Waals surface area contributed by atoms with Crippen molar-refractivity contribution in [1.29, 1.82) is 0 Å². The van der Waals surface area contributed by atoms with Gasteiger partial charge in [0.1, 0.15) is 0 Å². The quantitative estimate of drug-likeness (QED) is 0.584. The molecule has 0 saturated heterocycles. The van der Waals surface area contributed by atoms with Crippen LogP contribution in [0.15, 0.2) is 35.0 Å². The second-order valence-electron chi connectivity index (χ2n) is 4.85. The Morgan fingerprint density at radius 3 is 2.43 bits per heavy atom. The van der Waals surface area contributed by atoms with Crippen LogP contribution >= 0.6 is 0 Å². The van der Waals surface area contributed by atoms with Crippen molar-refractivity contribution >= 4 is 28.1 Å². The monoisotopic (exact) mass is 284 g/mol. The van der Waals surface area contributed by atoms with Crippen LogP contribution in [-0.2, 0) is 0 Å². The van der Waals surface area contributed by atoms with Crippen LogP contribution in [-0.4, -0.2) is 15.2 Å². The smallest absolute Gasteiger partial charge is 0.300 e. The number of anilines is 2. The third-order valence-corrected chi connectivity index (χ3v) is 3.09. The van der Waals surface area contributed by atoms with Gasteiger partial charge in [-0.25, -0.2) is 4.63 Å². The predicted molar refractivity (Wildman–Crippen MR) is 77.7 cm³/mol. The Morgan fingerprint density at radius 2 is 1.76 bits per heavy atom. The number of nitro groups is 1. The van der Waals surface area contributed by atoms with Crippen molar-refractivity contribution in [3.8, 4) is 0 Å². The average Bonchev–Trinajstić information content (AvgIpc) is 2.86. The van der Waals surface area contributed by atoms with E-state index < -0.39 is 4.92 Å². The normalized spacial score (nSPS) is 10.8. The molecule has 7 nitrogen and oxygen atoms in total. The molecule has 0 saturated carbocycles. The van der Waals surface area contributed by atoms with Crippen molar-refractivity contribution in [2.75, 3.05) is 5.32 Å². The fourth-order valence-electron chi connectivity index (χ4n) is 2.30. The summed E-state index contributed by atoms with van der Waals surface area (Å²) in [4.78, 5) is 10.4. The van der Waals surface area contributed by atoms with Gasteiger partial charge in [-0.05, 0) is 53.5 Å². The number of rotatable bonds is 3.